The zero-order valence-electron chi connectivity index (χ0n) is 16.9. The van der Waals surface area contributed by atoms with Crippen molar-refractivity contribution in [2.75, 3.05) is 24.7 Å². The number of aryl methyl sites for hydroxylation is 1. The summed E-state index contributed by atoms with van der Waals surface area (Å²) in [6, 6.07) is 3.74. The molecule has 0 aliphatic rings. The Morgan fingerprint density at radius 1 is 1.22 bits per heavy atom. The topological polar surface area (TPSA) is 147 Å². The smallest absolute Gasteiger partial charge is 0.415 e. The Bertz CT molecular complexity index is 1280. The first-order valence-corrected chi connectivity index (χ1v) is 10.3. The molecule has 0 saturated carbocycles. The van der Waals surface area contributed by atoms with Crippen molar-refractivity contribution in [3.8, 4) is 5.75 Å². The van der Waals surface area contributed by atoms with Crippen LogP contribution < -0.4 is 15.2 Å². The lowest BCUT2D eigenvalue weighted by molar-refractivity contribution is -0.701. The molecule has 0 radical (unpaired) electrons. The molecule has 0 bridgehead atoms. The van der Waals surface area contributed by atoms with Crippen LogP contribution in [0.3, 0.4) is 0 Å². The standard InChI is InChI=1S/C17H18F3N5O6S/c1-9-7-8-11(30-9)14(17(18,19)20)22-15-16(25(27)31-23-15)21-10-5-4-6-12(13(10)26)32(28,29)24(2)3/h4-8,14,21H,1-3H3,(H2-,22,23,26,27)/p+1/t14-/m0/s1. The molecule has 4 N–H and O–H groups in total. The maximum absolute atomic E-state index is 13.6. The summed E-state index contributed by atoms with van der Waals surface area (Å²) in [5.74, 6) is -2.10. The van der Waals surface area contributed by atoms with Crippen molar-refractivity contribution in [3.63, 3.8) is 0 Å². The molecule has 1 atom stereocenters. The van der Waals surface area contributed by atoms with E-state index < -0.39 is 50.3 Å². The fourth-order valence-corrected chi connectivity index (χ4v) is 3.70. The third-order valence-electron chi connectivity index (χ3n) is 4.32. The number of phenols is 1. The molecule has 1 aromatic carbocycles. The molecule has 0 aliphatic carbocycles. The fraction of sp³-hybridized carbons (Fsp3) is 0.294. The number of aromatic hydroxyl groups is 1. The molecule has 174 valence electrons. The van der Waals surface area contributed by atoms with Gasteiger partial charge in [-0.3, -0.25) is 5.32 Å². The van der Waals surface area contributed by atoms with Crippen molar-refractivity contribution < 1.29 is 40.3 Å². The molecule has 0 spiro atoms. The number of benzene rings is 1. The van der Waals surface area contributed by atoms with Gasteiger partial charge in [-0.25, -0.2) is 12.7 Å². The molecule has 2 heterocycles. The lowest BCUT2D eigenvalue weighted by atomic mass is 10.2. The third-order valence-corrected chi connectivity index (χ3v) is 6.17. The molecule has 0 amide bonds. The minimum Gasteiger partial charge on any atom is -0.503 e. The highest BCUT2D eigenvalue weighted by Gasteiger charge is 2.45. The summed E-state index contributed by atoms with van der Waals surface area (Å²) >= 11 is 0. The summed E-state index contributed by atoms with van der Waals surface area (Å²) in [4.78, 5) is 11.5. The number of aromatic nitrogens is 2. The lowest BCUT2D eigenvalue weighted by Gasteiger charge is -2.18. The Balaban J connectivity index is 2.00. The molecular weight excluding hydrogens is 459 g/mol. The number of hydrogen-bond acceptors (Lipinski definition) is 8. The highest BCUT2D eigenvalue weighted by molar-refractivity contribution is 7.89. The largest absolute Gasteiger partial charge is 0.503 e. The number of hydrogen-bond donors (Lipinski definition) is 4. The number of alkyl halides is 3. The van der Waals surface area contributed by atoms with Gasteiger partial charge in [0.2, 0.25) is 10.0 Å². The summed E-state index contributed by atoms with van der Waals surface area (Å²) < 4.78 is 75.8. The van der Waals surface area contributed by atoms with E-state index in [0.717, 1.165) is 16.4 Å². The first-order valence-electron chi connectivity index (χ1n) is 8.88. The van der Waals surface area contributed by atoms with Crippen LogP contribution in [-0.2, 0) is 10.0 Å². The van der Waals surface area contributed by atoms with Gasteiger partial charge in [0, 0.05) is 14.1 Å². The zero-order chi connectivity index (χ0) is 23.8. The van der Waals surface area contributed by atoms with Crippen molar-refractivity contribution in [1.82, 2.24) is 9.46 Å². The summed E-state index contributed by atoms with van der Waals surface area (Å²) in [5.41, 5.74) is -0.271. The van der Waals surface area contributed by atoms with Gasteiger partial charge in [0.15, 0.2) is 16.4 Å². The van der Waals surface area contributed by atoms with E-state index in [-0.39, 0.29) is 16.0 Å². The van der Waals surface area contributed by atoms with Crippen molar-refractivity contribution in [3.05, 3.63) is 46.8 Å². The minimum atomic E-state index is -4.82. The number of halogens is 3. The molecule has 0 aliphatic heterocycles. The van der Waals surface area contributed by atoms with Gasteiger partial charge in [0.25, 0.3) is 5.82 Å². The highest BCUT2D eigenvalue weighted by atomic mass is 32.2. The fourth-order valence-electron chi connectivity index (χ4n) is 2.70. The summed E-state index contributed by atoms with van der Waals surface area (Å²) in [6.45, 7) is 1.47. The molecule has 32 heavy (non-hydrogen) atoms. The summed E-state index contributed by atoms with van der Waals surface area (Å²) in [7, 11) is -1.55. The Hall–Kier alpha value is -3.46. The van der Waals surface area contributed by atoms with Gasteiger partial charge in [0.05, 0.1) is 0 Å². The lowest BCUT2D eigenvalue weighted by Crippen LogP contribution is -2.28. The third kappa shape index (κ3) is 4.43. The average molecular weight is 478 g/mol. The highest BCUT2D eigenvalue weighted by Crippen LogP contribution is 2.38. The van der Waals surface area contributed by atoms with Crippen LogP contribution in [0.1, 0.15) is 17.6 Å². The van der Waals surface area contributed by atoms with Crippen LogP contribution in [0.4, 0.5) is 30.5 Å². The van der Waals surface area contributed by atoms with Crippen LogP contribution in [0.15, 0.2) is 44.3 Å². The first-order chi connectivity index (χ1) is 14.8. The van der Waals surface area contributed by atoms with Crippen LogP contribution in [-0.4, -0.2) is 43.3 Å². The van der Waals surface area contributed by atoms with E-state index in [0.29, 0.717) is 0 Å². The van der Waals surface area contributed by atoms with Crippen LogP contribution >= 0.6 is 0 Å². The monoisotopic (exact) mass is 478 g/mol. The minimum absolute atomic E-state index is 0.185. The van der Waals surface area contributed by atoms with Crippen LogP contribution in [0, 0.1) is 11.8 Å². The van der Waals surface area contributed by atoms with E-state index in [2.05, 4.69) is 15.3 Å². The predicted molar refractivity (Wildman–Crippen MR) is 105 cm³/mol. The van der Waals surface area contributed by atoms with Gasteiger partial charge in [0.1, 0.15) is 22.1 Å². The van der Waals surface area contributed by atoms with E-state index in [1.54, 1.807) is 0 Å². The van der Waals surface area contributed by atoms with Crippen molar-refractivity contribution in [2.24, 2.45) is 0 Å². The van der Waals surface area contributed by atoms with E-state index in [1.807, 2.05) is 5.16 Å². The Labute approximate surface area is 179 Å². The van der Waals surface area contributed by atoms with Crippen LogP contribution in [0.5, 0.6) is 5.75 Å². The molecule has 3 aromatic rings. The number of anilines is 3. The second-order valence-corrected chi connectivity index (χ2v) is 8.93. The van der Waals surface area contributed by atoms with E-state index in [9.17, 15) is 31.6 Å². The van der Waals surface area contributed by atoms with E-state index in [1.165, 1.54) is 39.2 Å². The summed E-state index contributed by atoms with van der Waals surface area (Å²) in [6.07, 6.45) is -4.82. The number of nitrogens with zero attached hydrogens (tertiary/aromatic N) is 2. The summed E-state index contributed by atoms with van der Waals surface area (Å²) in [5, 5.41) is 16.9. The Kier molecular flexibility index (Phi) is 5.97. The molecule has 11 nitrogen and oxygen atoms in total. The number of H-pyrrole nitrogens is 1. The normalized spacial score (nSPS) is 13.3. The van der Waals surface area contributed by atoms with Gasteiger partial charge in [-0.05, 0) is 36.1 Å². The molecular formula is C17H19F3N5O6S+. The second kappa shape index (κ2) is 8.23. The average Bonchev–Trinajstić information content (AvgIpc) is 3.26. The number of aromatic amines is 1. The van der Waals surface area contributed by atoms with Gasteiger partial charge in [-0.15, -0.1) is 4.63 Å². The van der Waals surface area contributed by atoms with Crippen molar-refractivity contribution >= 4 is 27.3 Å². The number of para-hydroxylation sites is 1. The maximum Gasteiger partial charge on any atom is 0.415 e. The number of sulfonamides is 1. The van der Waals surface area contributed by atoms with Crippen molar-refractivity contribution in [2.45, 2.75) is 24.0 Å². The maximum atomic E-state index is 13.6. The molecule has 0 saturated heterocycles. The van der Waals surface area contributed by atoms with Gasteiger partial charge < -0.3 is 14.8 Å². The quantitative estimate of drug-likeness (QED) is 0.379. The first kappa shape index (κ1) is 23.2. The van der Waals surface area contributed by atoms with E-state index in [4.69, 9.17) is 4.42 Å². The van der Waals surface area contributed by atoms with Crippen molar-refractivity contribution in [1.29, 1.82) is 0 Å². The Morgan fingerprint density at radius 2 is 1.91 bits per heavy atom. The predicted octanol–water partition coefficient (Wildman–Crippen LogP) is 2.84. The zero-order valence-corrected chi connectivity index (χ0v) is 17.7. The number of phenolic OH excluding ortho intramolecular Hbond substituents is 1. The number of furan rings is 1. The van der Waals surface area contributed by atoms with Crippen LogP contribution in [0.2, 0.25) is 0 Å². The molecule has 0 fully saturated rings. The van der Waals surface area contributed by atoms with E-state index >= 15 is 0 Å². The SMILES string of the molecule is Cc1ccc([C@H](Nc2[nH]o[n+](=O)c2Nc2cccc(S(=O)(=O)N(C)C)c2O)C(F)(F)F)o1. The molecule has 15 heteroatoms. The van der Waals surface area contributed by atoms with Gasteiger partial charge in [-0.1, -0.05) is 11.2 Å². The Morgan fingerprint density at radius 3 is 2.47 bits per heavy atom. The van der Waals surface area contributed by atoms with Crippen LogP contribution in [0.25, 0.3) is 0 Å². The second-order valence-electron chi connectivity index (χ2n) is 6.81. The molecule has 2 aromatic heterocycles. The molecule has 3 rings (SSSR count). The van der Waals surface area contributed by atoms with Gasteiger partial charge >= 0.3 is 12.0 Å². The van der Waals surface area contributed by atoms with Gasteiger partial charge in [-0.2, -0.15) is 13.2 Å². The number of nitrogens with one attached hydrogen (secondary N) is 3. The molecule has 0 unspecified atom stereocenters. The number of rotatable bonds is 7.